The minimum absolute atomic E-state index is 0.131. The fourth-order valence-electron chi connectivity index (χ4n) is 2.21. The molecule has 0 aliphatic carbocycles. The largest absolute Gasteiger partial charge is 0.459 e. The van der Waals surface area contributed by atoms with Crippen molar-refractivity contribution in [2.75, 3.05) is 25.0 Å². The van der Waals surface area contributed by atoms with Gasteiger partial charge in [0.25, 0.3) is 5.91 Å². The second-order valence-corrected chi connectivity index (χ2v) is 5.56. The lowest BCUT2D eigenvalue weighted by molar-refractivity contribution is -0.121. The van der Waals surface area contributed by atoms with Crippen molar-refractivity contribution in [1.82, 2.24) is 10.6 Å². The van der Waals surface area contributed by atoms with Crippen molar-refractivity contribution in [1.29, 1.82) is 0 Å². The molecule has 0 unspecified atom stereocenters. The van der Waals surface area contributed by atoms with Crippen molar-refractivity contribution in [2.45, 2.75) is 19.9 Å². The summed E-state index contributed by atoms with van der Waals surface area (Å²) in [6, 6.07) is 8.06. The number of furan rings is 1. The Hall–Kier alpha value is -2.83. The normalized spacial score (nSPS) is 10.4. The van der Waals surface area contributed by atoms with Crippen LogP contribution in [-0.2, 0) is 11.3 Å². The lowest BCUT2D eigenvalue weighted by atomic mass is 10.2. The Morgan fingerprint density at radius 3 is 2.68 bits per heavy atom. The Morgan fingerprint density at radius 2 is 2.04 bits per heavy atom. The molecule has 1 heterocycles. The summed E-state index contributed by atoms with van der Waals surface area (Å²) in [4.78, 5) is 25.2. The molecular weight excluding hydrogens is 325 g/mol. The molecule has 6 nitrogen and oxygen atoms in total. The van der Waals surface area contributed by atoms with Crippen molar-refractivity contribution < 1.29 is 18.4 Å². The molecule has 0 atom stereocenters. The minimum atomic E-state index is -0.365. The van der Waals surface area contributed by atoms with Gasteiger partial charge >= 0.3 is 0 Å². The van der Waals surface area contributed by atoms with Crippen LogP contribution in [0.3, 0.4) is 0 Å². The van der Waals surface area contributed by atoms with Crippen LogP contribution in [0.2, 0.25) is 0 Å². The molecule has 2 aromatic rings. The average molecular weight is 347 g/mol. The molecule has 2 rings (SSSR count). The Labute approximate surface area is 146 Å². The standard InChI is InChI=1S/C18H22FN3O3/c1-3-22(2)15-7-6-13(11-14(15)19)12-21-17(23)8-9-20-18(24)16-5-4-10-25-16/h4-7,10-11H,3,8-9,12H2,1-2H3,(H,20,24)(H,21,23). The molecule has 0 saturated carbocycles. The summed E-state index contributed by atoms with van der Waals surface area (Å²) in [5.41, 5.74) is 1.21. The lowest BCUT2D eigenvalue weighted by Gasteiger charge is -2.18. The summed E-state index contributed by atoms with van der Waals surface area (Å²) in [6.07, 6.45) is 1.54. The SMILES string of the molecule is CCN(C)c1ccc(CNC(=O)CCNC(=O)c2ccco2)cc1F. The smallest absolute Gasteiger partial charge is 0.286 e. The van der Waals surface area contributed by atoms with Crippen LogP contribution >= 0.6 is 0 Å². The highest BCUT2D eigenvalue weighted by molar-refractivity contribution is 5.91. The first-order valence-electron chi connectivity index (χ1n) is 8.09. The molecule has 134 valence electrons. The topological polar surface area (TPSA) is 74.6 Å². The van der Waals surface area contributed by atoms with E-state index in [1.54, 1.807) is 29.2 Å². The van der Waals surface area contributed by atoms with E-state index in [-0.39, 0.29) is 42.9 Å². The zero-order chi connectivity index (χ0) is 18.2. The van der Waals surface area contributed by atoms with Crippen molar-refractivity contribution >= 4 is 17.5 Å². The molecule has 25 heavy (non-hydrogen) atoms. The molecule has 0 saturated heterocycles. The summed E-state index contributed by atoms with van der Waals surface area (Å²) in [7, 11) is 1.82. The second-order valence-electron chi connectivity index (χ2n) is 5.56. The molecule has 0 aliphatic rings. The van der Waals surface area contributed by atoms with Gasteiger partial charge in [0.05, 0.1) is 12.0 Å². The quantitative estimate of drug-likeness (QED) is 0.768. The highest BCUT2D eigenvalue weighted by atomic mass is 19.1. The van der Waals surface area contributed by atoms with E-state index in [9.17, 15) is 14.0 Å². The van der Waals surface area contributed by atoms with E-state index < -0.39 is 0 Å². The van der Waals surface area contributed by atoms with Gasteiger partial charge in [-0.25, -0.2) is 4.39 Å². The fraction of sp³-hybridized carbons (Fsp3) is 0.333. The van der Waals surface area contributed by atoms with Gasteiger partial charge in [-0.15, -0.1) is 0 Å². The van der Waals surface area contributed by atoms with Crippen molar-refractivity contribution in [3.8, 4) is 0 Å². The number of halogens is 1. The highest BCUT2D eigenvalue weighted by Crippen LogP contribution is 2.19. The summed E-state index contributed by atoms with van der Waals surface area (Å²) < 4.78 is 19.0. The molecule has 2 amide bonds. The van der Waals surface area contributed by atoms with Gasteiger partial charge in [0, 0.05) is 33.1 Å². The lowest BCUT2D eigenvalue weighted by Crippen LogP contribution is -2.30. The molecule has 1 aromatic carbocycles. The molecule has 0 bridgehead atoms. The van der Waals surface area contributed by atoms with E-state index in [1.165, 1.54) is 12.3 Å². The van der Waals surface area contributed by atoms with Gasteiger partial charge in [-0.05, 0) is 36.8 Å². The minimum Gasteiger partial charge on any atom is -0.459 e. The maximum Gasteiger partial charge on any atom is 0.286 e. The van der Waals surface area contributed by atoms with E-state index in [2.05, 4.69) is 10.6 Å². The second kappa shape index (κ2) is 8.86. The molecule has 7 heteroatoms. The molecular formula is C18H22FN3O3. The Morgan fingerprint density at radius 1 is 1.24 bits per heavy atom. The molecule has 1 aromatic heterocycles. The maximum absolute atomic E-state index is 14.0. The van der Waals surface area contributed by atoms with Crippen molar-refractivity contribution in [2.24, 2.45) is 0 Å². The number of carbonyl (C=O) groups is 2. The number of rotatable bonds is 8. The summed E-state index contributed by atoms with van der Waals surface area (Å²) in [5, 5.41) is 5.29. The third-order valence-electron chi connectivity index (χ3n) is 3.77. The molecule has 0 spiro atoms. The third-order valence-corrected chi connectivity index (χ3v) is 3.77. The first-order valence-corrected chi connectivity index (χ1v) is 8.09. The average Bonchev–Trinajstić information content (AvgIpc) is 3.14. The van der Waals surface area contributed by atoms with Gasteiger partial charge < -0.3 is 20.0 Å². The van der Waals surface area contributed by atoms with Crippen LogP contribution < -0.4 is 15.5 Å². The van der Waals surface area contributed by atoms with Crippen LogP contribution in [0.15, 0.2) is 41.0 Å². The van der Waals surface area contributed by atoms with Gasteiger partial charge in [-0.1, -0.05) is 6.07 Å². The molecule has 2 N–H and O–H groups in total. The van der Waals surface area contributed by atoms with Gasteiger partial charge in [0.2, 0.25) is 5.91 Å². The summed E-state index contributed by atoms with van der Waals surface area (Å²) in [6.45, 7) is 3.08. The van der Waals surface area contributed by atoms with Crippen LogP contribution in [0.25, 0.3) is 0 Å². The number of hydrogen-bond donors (Lipinski definition) is 2. The zero-order valence-electron chi connectivity index (χ0n) is 14.3. The first-order chi connectivity index (χ1) is 12.0. The molecule has 0 radical (unpaired) electrons. The summed E-state index contributed by atoms with van der Waals surface area (Å²) >= 11 is 0. The Bertz CT molecular complexity index is 716. The zero-order valence-corrected chi connectivity index (χ0v) is 14.3. The van der Waals surface area contributed by atoms with Crippen LogP contribution in [0.1, 0.15) is 29.5 Å². The number of benzene rings is 1. The van der Waals surface area contributed by atoms with Gasteiger partial charge in [0.1, 0.15) is 5.82 Å². The number of hydrogen-bond acceptors (Lipinski definition) is 4. The van der Waals surface area contributed by atoms with E-state index >= 15 is 0 Å². The molecule has 0 aliphatic heterocycles. The number of anilines is 1. The van der Waals surface area contributed by atoms with Gasteiger partial charge in [0.15, 0.2) is 5.76 Å². The van der Waals surface area contributed by atoms with E-state index in [0.717, 1.165) is 0 Å². The number of nitrogens with one attached hydrogen (secondary N) is 2. The van der Waals surface area contributed by atoms with Crippen LogP contribution in [-0.4, -0.2) is 32.0 Å². The van der Waals surface area contributed by atoms with Crippen LogP contribution in [0.4, 0.5) is 10.1 Å². The van der Waals surface area contributed by atoms with Crippen LogP contribution in [0, 0.1) is 5.82 Å². The van der Waals surface area contributed by atoms with E-state index in [0.29, 0.717) is 17.8 Å². The fourth-order valence-corrected chi connectivity index (χ4v) is 2.21. The van der Waals surface area contributed by atoms with E-state index in [4.69, 9.17) is 4.42 Å². The first kappa shape index (κ1) is 18.5. The van der Waals surface area contributed by atoms with Gasteiger partial charge in [-0.3, -0.25) is 9.59 Å². The predicted octanol–water partition coefficient (Wildman–Crippen LogP) is 2.31. The number of nitrogens with zero attached hydrogens (tertiary/aromatic N) is 1. The maximum atomic E-state index is 14.0. The Kier molecular flexibility index (Phi) is 6.56. The monoisotopic (exact) mass is 347 g/mol. The van der Waals surface area contributed by atoms with Crippen molar-refractivity contribution in [3.05, 3.63) is 53.7 Å². The van der Waals surface area contributed by atoms with Crippen LogP contribution in [0.5, 0.6) is 0 Å². The number of carbonyl (C=O) groups excluding carboxylic acids is 2. The number of amides is 2. The predicted molar refractivity (Wildman–Crippen MR) is 92.8 cm³/mol. The Balaban J connectivity index is 1.74. The third kappa shape index (κ3) is 5.34. The summed E-state index contributed by atoms with van der Waals surface area (Å²) in [5.74, 6) is -0.708. The van der Waals surface area contributed by atoms with Crippen molar-refractivity contribution in [3.63, 3.8) is 0 Å². The molecule has 0 fully saturated rings. The van der Waals surface area contributed by atoms with Gasteiger partial charge in [-0.2, -0.15) is 0 Å². The van der Waals surface area contributed by atoms with E-state index in [1.807, 2.05) is 14.0 Å². The highest BCUT2D eigenvalue weighted by Gasteiger charge is 2.10.